The molecule has 0 saturated carbocycles. The maximum Gasteiger partial charge on any atom is 0.228 e. The maximum absolute atomic E-state index is 12.8. The number of rotatable bonds is 2. The van der Waals surface area contributed by atoms with Crippen LogP contribution in [0.15, 0.2) is 24.3 Å². The highest BCUT2D eigenvalue weighted by Crippen LogP contribution is 2.13. The molecule has 1 aromatic carbocycles. The summed E-state index contributed by atoms with van der Waals surface area (Å²) in [5, 5.41) is 5.82. The van der Waals surface area contributed by atoms with Crippen LogP contribution in [0.1, 0.15) is 6.42 Å². The SMILES string of the molecule is Cl.O=C(Nc1cccc(F)c1)[C@@H]1CCNC1. The van der Waals surface area contributed by atoms with Crippen molar-refractivity contribution in [1.29, 1.82) is 0 Å². The van der Waals surface area contributed by atoms with Crippen LogP contribution in [0.3, 0.4) is 0 Å². The highest BCUT2D eigenvalue weighted by molar-refractivity contribution is 5.92. The second kappa shape index (κ2) is 5.82. The van der Waals surface area contributed by atoms with Crippen LogP contribution < -0.4 is 10.6 Å². The van der Waals surface area contributed by atoms with Gasteiger partial charge in [0, 0.05) is 12.2 Å². The number of nitrogens with one attached hydrogen (secondary N) is 2. The van der Waals surface area contributed by atoms with E-state index in [0.717, 1.165) is 13.0 Å². The molecule has 1 atom stereocenters. The van der Waals surface area contributed by atoms with Gasteiger partial charge in [-0.05, 0) is 31.2 Å². The number of benzene rings is 1. The smallest absolute Gasteiger partial charge is 0.228 e. The fourth-order valence-electron chi connectivity index (χ4n) is 1.69. The van der Waals surface area contributed by atoms with Crippen molar-refractivity contribution in [3.8, 4) is 0 Å². The van der Waals surface area contributed by atoms with Crippen LogP contribution in [0, 0.1) is 11.7 Å². The highest BCUT2D eigenvalue weighted by Gasteiger charge is 2.22. The summed E-state index contributed by atoms with van der Waals surface area (Å²) in [6, 6.07) is 5.94. The third-order valence-electron chi connectivity index (χ3n) is 2.52. The first-order valence-corrected chi connectivity index (χ1v) is 5.03. The molecule has 0 bridgehead atoms. The van der Waals surface area contributed by atoms with E-state index in [1.54, 1.807) is 12.1 Å². The Labute approximate surface area is 99.8 Å². The standard InChI is InChI=1S/C11H13FN2O.ClH/c12-9-2-1-3-10(6-9)14-11(15)8-4-5-13-7-8;/h1-3,6,8,13H,4-5,7H2,(H,14,15);1H/t8-;/m1./s1. The number of anilines is 1. The molecular formula is C11H14ClFN2O. The van der Waals surface area contributed by atoms with Crippen molar-refractivity contribution >= 4 is 24.0 Å². The first-order valence-electron chi connectivity index (χ1n) is 5.03. The lowest BCUT2D eigenvalue weighted by molar-refractivity contribution is -0.119. The van der Waals surface area contributed by atoms with Crippen molar-refractivity contribution in [2.75, 3.05) is 18.4 Å². The minimum absolute atomic E-state index is 0. The molecule has 88 valence electrons. The molecule has 0 unspecified atom stereocenters. The molecule has 3 nitrogen and oxygen atoms in total. The van der Waals surface area contributed by atoms with Crippen LogP contribution in [-0.2, 0) is 4.79 Å². The van der Waals surface area contributed by atoms with E-state index >= 15 is 0 Å². The van der Waals surface area contributed by atoms with Crippen LogP contribution in [0.4, 0.5) is 10.1 Å². The van der Waals surface area contributed by atoms with E-state index in [4.69, 9.17) is 0 Å². The van der Waals surface area contributed by atoms with E-state index in [1.165, 1.54) is 12.1 Å². The van der Waals surface area contributed by atoms with Gasteiger partial charge in [0.1, 0.15) is 5.82 Å². The lowest BCUT2D eigenvalue weighted by Crippen LogP contribution is -2.24. The van der Waals surface area contributed by atoms with Gasteiger partial charge < -0.3 is 10.6 Å². The van der Waals surface area contributed by atoms with Crippen LogP contribution >= 0.6 is 12.4 Å². The molecule has 1 aliphatic rings. The average molecular weight is 245 g/mol. The molecule has 5 heteroatoms. The molecule has 1 saturated heterocycles. The zero-order chi connectivity index (χ0) is 10.7. The lowest BCUT2D eigenvalue weighted by Gasteiger charge is -2.09. The summed E-state index contributed by atoms with van der Waals surface area (Å²) in [7, 11) is 0. The van der Waals surface area contributed by atoms with Crippen molar-refractivity contribution in [3.05, 3.63) is 30.1 Å². The largest absolute Gasteiger partial charge is 0.326 e. The number of amides is 1. The van der Waals surface area contributed by atoms with Gasteiger partial charge in [0.2, 0.25) is 5.91 Å². The van der Waals surface area contributed by atoms with Crippen LogP contribution in [-0.4, -0.2) is 19.0 Å². The van der Waals surface area contributed by atoms with Gasteiger partial charge in [-0.15, -0.1) is 12.4 Å². The van der Waals surface area contributed by atoms with Gasteiger partial charge in [-0.3, -0.25) is 4.79 Å². The summed E-state index contributed by atoms with van der Waals surface area (Å²) in [5.41, 5.74) is 0.520. The number of halogens is 2. The molecule has 1 aromatic rings. The summed E-state index contributed by atoms with van der Waals surface area (Å²) < 4.78 is 12.8. The van der Waals surface area contributed by atoms with Gasteiger partial charge in [0.05, 0.1) is 5.92 Å². The van der Waals surface area contributed by atoms with Gasteiger partial charge >= 0.3 is 0 Å². The van der Waals surface area contributed by atoms with Crippen molar-refractivity contribution in [3.63, 3.8) is 0 Å². The number of hydrogen-bond acceptors (Lipinski definition) is 2. The summed E-state index contributed by atoms with van der Waals surface area (Å²) in [5.74, 6) is -0.365. The Morgan fingerprint density at radius 2 is 2.31 bits per heavy atom. The molecule has 1 fully saturated rings. The average Bonchev–Trinajstić information content (AvgIpc) is 2.70. The van der Waals surface area contributed by atoms with E-state index in [2.05, 4.69) is 10.6 Å². The van der Waals surface area contributed by atoms with Crippen molar-refractivity contribution in [2.24, 2.45) is 5.92 Å². The van der Waals surface area contributed by atoms with Crippen LogP contribution in [0.25, 0.3) is 0 Å². The van der Waals surface area contributed by atoms with E-state index < -0.39 is 0 Å². The minimum atomic E-state index is -0.336. The Hall–Kier alpha value is -1.13. The Bertz CT molecular complexity index is 367. The predicted molar refractivity (Wildman–Crippen MR) is 63.3 cm³/mol. The molecule has 0 spiro atoms. The zero-order valence-electron chi connectivity index (χ0n) is 8.70. The zero-order valence-corrected chi connectivity index (χ0v) is 9.52. The fraction of sp³-hybridized carbons (Fsp3) is 0.364. The molecule has 2 rings (SSSR count). The first-order chi connectivity index (χ1) is 7.25. The molecule has 16 heavy (non-hydrogen) atoms. The second-order valence-corrected chi connectivity index (χ2v) is 3.69. The molecule has 0 aliphatic carbocycles. The normalized spacial score (nSPS) is 18.9. The molecule has 1 amide bonds. The van der Waals surface area contributed by atoms with E-state index in [9.17, 15) is 9.18 Å². The third-order valence-corrected chi connectivity index (χ3v) is 2.52. The lowest BCUT2D eigenvalue weighted by atomic mass is 10.1. The summed E-state index contributed by atoms with van der Waals surface area (Å²) in [4.78, 5) is 11.7. The summed E-state index contributed by atoms with van der Waals surface area (Å²) >= 11 is 0. The number of hydrogen-bond donors (Lipinski definition) is 2. The third kappa shape index (κ3) is 3.18. The molecule has 0 radical (unpaired) electrons. The van der Waals surface area contributed by atoms with Crippen LogP contribution in [0.5, 0.6) is 0 Å². The highest BCUT2D eigenvalue weighted by atomic mass is 35.5. The molecule has 2 N–H and O–H groups in total. The topological polar surface area (TPSA) is 41.1 Å². The van der Waals surface area contributed by atoms with Gasteiger partial charge in [-0.1, -0.05) is 6.07 Å². The molecule has 0 aromatic heterocycles. The van der Waals surface area contributed by atoms with Gasteiger partial charge in [-0.25, -0.2) is 4.39 Å². The Kier molecular flexibility index (Phi) is 4.71. The Morgan fingerprint density at radius 1 is 1.50 bits per heavy atom. The van der Waals surface area contributed by atoms with E-state index in [1.807, 2.05) is 0 Å². The minimum Gasteiger partial charge on any atom is -0.326 e. The monoisotopic (exact) mass is 244 g/mol. The van der Waals surface area contributed by atoms with Gasteiger partial charge in [0.25, 0.3) is 0 Å². The van der Waals surface area contributed by atoms with Gasteiger partial charge in [0.15, 0.2) is 0 Å². The van der Waals surface area contributed by atoms with Crippen molar-refractivity contribution in [1.82, 2.24) is 5.32 Å². The second-order valence-electron chi connectivity index (χ2n) is 3.69. The number of carbonyl (C=O) groups is 1. The Morgan fingerprint density at radius 3 is 2.94 bits per heavy atom. The van der Waals surface area contributed by atoms with Gasteiger partial charge in [-0.2, -0.15) is 0 Å². The molecular weight excluding hydrogens is 231 g/mol. The molecule has 1 aliphatic heterocycles. The maximum atomic E-state index is 12.8. The van der Waals surface area contributed by atoms with E-state index in [0.29, 0.717) is 12.2 Å². The summed E-state index contributed by atoms with van der Waals surface area (Å²) in [6.07, 6.45) is 0.848. The first kappa shape index (κ1) is 12.9. The van der Waals surface area contributed by atoms with E-state index in [-0.39, 0.29) is 30.0 Å². The number of carbonyl (C=O) groups excluding carboxylic acids is 1. The van der Waals surface area contributed by atoms with Crippen molar-refractivity contribution < 1.29 is 9.18 Å². The predicted octanol–water partition coefficient (Wildman–Crippen LogP) is 1.80. The summed E-state index contributed by atoms with van der Waals surface area (Å²) in [6.45, 7) is 1.59. The molecule has 1 heterocycles. The van der Waals surface area contributed by atoms with Crippen LogP contribution in [0.2, 0.25) is 0 Å². The fourth-order valence-corrected chi connectivity index (χ4v) is 1.69. The quantitative estimate of drug-likeness (QED) is 0.833. The van der Waals surface area contributed by atoms with Crippen molar-refractivity contribution in [2.45, 2.75) is 6.42 Å². The Balaban J connectivity index is 0.00000128.